The summed E-state index contributed by atoms with van der Waals surface area (Å²) in [5, 5.41) is 2.70. The number of piperazine rings is 1. The highest BCUT2D eigenvalue weighted by Crippen LogP contribution is 2.28. The van der Waals surface area contributed by atoms with Gasteiger partial charge in [-0.05, 0) is 6.42 Å². The van der Waals surface area contributed by atoms with Crippen LogP contribution in [0.3, 0.4) is 0 Å². The molecule has 2 aliphatic heterocycles. The summed E-state index contributed by atoms with van der Waals surface area (Å²) < 4.78 is 10.2. The van der Waals surface area contributed by atoms with E-state index in [1.54, 1.807) is 4.90 Å². The van der Waals surface area contributed by atoms with Gasteiger partial charge in [-0.15, -0.1) is 0 Å². The molecular weight excluding hydrogens is 346 g/mol. The van der Waals surface area contributed by atoms with Crippen molar-refractivity contribution in [1.29, 1.82) is 0 Å². The minimum absolute atomic E-state index is 0.0371. The molecule has 0 bridgehead atoms. The number of rotatable bonds is 5. The van der Waals surface area contributed by atoms with Gasteiger partial charge < -0.3 is 19.7 Å². The number of nitrogens with one attached hydrogen (secondary N) is 1. The summed E-state index contributed by atoms with van der Waals surface area (Å²) in [7, 11) is 0. The summed E-state index contributed by atoms with van der Waals surface area (Å²) >= 11 is 4.47. The molecule has 0 aromatic rings. The molecule has 2 aliphatic rings. The smallest absolute Gasteiger partial charge is 0.410 e. The first-order valence-electron chi connectivity index (χ1n) is 8.01. The summed E-state index contributed by atoms with van der Waals surface area (Å²) in [6.07, 6.45) is 2.42. The van der Waals surface area contributed by atoms with E-state index in [9.17, 15) is 14.4 Å². The lowest BCUT2D eigenvalue weighted by Gasteiger charge is -2.40. The molecule has 1 unspecified atom stereocenters. The largest absolute Gasteiger partial charge is 0.445 e. The topological polar surface area (TPSA) is 88.2 Å². The van der Waals surface area contributed by atoms with E-state index in [4.69, 9.17) is 9.47 Å². The van der Waals surface area contributed by atoms with Gasteiger partial charge in [-0.1, -0.05) is 25.3 Å². The number of carbonyl (C=O) groups excluding carboxylic acids is 3. The van der Waals surface area contributed by atoms with E-state index in [1.165, 1.54) is 17.1 Å². The Morgan fingerprint density at radius 1 is 1.16 bits per heavy atom. The molecule has 2 heterocycles. The number of likely N-dealkylation sites (tertiary alicyclic amines) is 1. The van der Waals surface area contributed by atoms with Gasteiger partial charge in [0.1, 0.15) is 19.8 Å². The minimum Gasteiger partial charge on any atom is -0.445 e. The highest BCUT2D eigenvalue weighted by Gasteiger charge is 2.45. The molecule has 3 amide bonds. The maximum absolute atomic E-state index is 12.3. The lowest BCUT2D eigenvalue weighted by Crippen LogP contribution is -2.63. The van der Waals surface area contributed by atoms with Crippen LogP contribution in [0.15, 0.2) is 25.3 Å². The first-order chi connectivity index (χ1) is 12.0. The Labute approximate surface area is 152 Å². The number of hydrogen-bond donors (Lipinski definition) is 2. The number of nitrogens with zero attached hydrogens (tertiary/aromatic N) is 2. The Bertz CT molecular complexity index is 556. The molecule has 0 spiro atoms. The van der Waals surface area contributed by atoms with E-state index >= 15 is 0 Å². The zero-order valence-corrected chi connectivity index (χ0v) is 14.8. The van der Waals surface area contributed by atoms with Crippen LogP contribution in [0.5, 0.6) is 0 Å². The Kier molecular flexibility index (Phi) is 6.74. The van der Waals surface area contributed by atoms with Crippen LogP contribution in [0.4, 0.5) is 9.59 Å². The number of thiol groups is 1. The van der Waals surface area contributed by atoms with E-state index in [0.717, 1.165) is 0 Å². The second-order valence-electron chi connectivity index (χ2n) is 5.84. The average molecular weight is 369 g/mol. The van der Waals surface area contributed by atoms with Gasteiger partial charge in [0, 0.05) is 18.3 Å². The van der Waals surface area contributed by atoms with Crippen molar-refractivity contribution in [2.75, 3.05) is 32.8 Å². The van der Waals surface area contributed by atoms with Gasteiger partial charge in [-0.3, -0.25) is 9.69 Å². The monoisotopic (exact) mass is 369 g/mol. The normalized spacial score (nSPS) is 26.0. The summed E-state index contributed by atoms with van der Waals surface area (Å²) in [5.41, 5.74) is 0. The standard InChI is InChI=1S/C16H23N3O5S/c1-3-5-23-15(21)18-9-11(25)7-12(18)13-8-17-14(20)10-19(13)16(22)24-6-4-2/h3-4,11-13,25H,1-2,5-10H2,(H,17,20)/t11-,12-,13?/m0/s1. The van der Waals surface area contributed by atoms with E-state index in [-0.39, 0.29) is 43.5 Å². The van der Waals surface area contributed by atoms with Crippen LogP contribution in [0.2, 0.25) is 0 Å². The number of hydrogen-bond acceptors (Lipinski definition) is 6. The Balaban J connectivity index is 2.16. The zero-order chi connectivity index (χ0) is 18.4. The van der Waals surface area contributed by atoms with Gasteiger partial charge in [0.25, 0.3) is 0 Å². The van der Waals surface area contributed by atoms with Crippen molar-refractivity contribution < 1.29 is 23.9 Å². The molecule has 3 atom stereocenters. The molecule has 2 rings (SSSR count). The predicted octanol–water partition coefficient (Wildman–Crippen LogP) is 0.805. The predicted molar refractivity (Wildman–Crippen MR) is 94.5 cm³/mol. The van der Waals surface area contributed by atoms with Crippen molar-refractivity contribution in [3.05, 3.63) is 25.3 Å². The van der Waals surface area contributed by atoms with Gasteiger partial charge in [0.15, 0.2) is 0 Å². The summed E-state index contributed by atoms with van der Waals surface area (Å²) in [5.74, 6) is -0.270. The third-order valence-electron chi connectivity index (χ3n) is 4.11. The van der Waals surface area contributed by atoms with E-state index in [0.29, 0.717) is 13.0 Å². The molecule has 0 aliphatic carbocycles. The van der Waals surface area contributed by atoms with Crippen LogP contribution in [0, 0.1) is 0 Å². The molecule has 0 saturated carbocycles. The van der Waals surface area contributed by atoms with Crippen molar-refractivity contribution >= 4 is 30.7 Å². The van der Waals surface area contributed by atoms with E-state index in [2.05, 4.69) is 31.1 Å². The summed E-state index contributed by atoms with van der Waals surface area (Å²) in [6.45, 7) is 7.69. The van der Waals surface area contributed by atoms with E-state index < -0.39 is 18.2 Å². The number of amides is 3. The molecular formula is C16H23N3O5S. The third kappa shape index (κ3) is 4.68. The molecule has 2 fully saturated rings. The van der Waals surface area contributed by atoms with Crippen LogP contribution in [0.1, 0.15) is 6.42 Å². The van der Waals surface area contributed by atoms with Crippen LogP contribution >= 0.6 is 12.6 Å². The Morgan fingerprint density at radius 2 is 1.76 bits per heavy atom. The highest BCUT2D eigenvalue weighted by molar-refractivity contribution is 7.81. The van der Waals surface area contributed by atoms with Crippen LogP contribution in [-0.2, 0) is 14.3 Å². The van der Waals surface area contributed by atoms with Gasteiger partial charge in [-0.2, -0.15) is 12.6 Å². The lowest BCUT2D eigenvalue weighted by atomic mass is 10.0. The van der Waals surface area contributed by atoms with Gasteiger partial charge >= 0.3 is 12.2 Å². The number of carbonyl (C=O) groups is 3. The minimum atomic E-state index is -0.609. The maximum Gasteiger partial charge on any atom is 0.410 e. The van der Waals surface area contributed by atoms with Gasteiger partial charge in [0.05, 0.1) is 12.1 Å². The Hall–Kier alpha value is -2.16. The molecule has 1 N–H and O–H groups in total. The quantitative estimate of drug-likeness (QED) is 0.553. The fraction of sp³-hybridized carbons (Fsp3) is 0.562. The second kappa shape index (κ2) is 8.80. The van der Waals surface area contributed by atoms with Crippen molar-refractivity contribution in [3.63, 3.8) is 0 Å². The van der Waals surface area contributed by atoms with Gasteiger partial charge in [-0.25, -0.2) is 9.59 Å². The van der Waals surface area contributed by atoms with Crippen molar-refractivity contribution in [2.24, 2.45) is 0 Å². The van der Waals surface area contributed by atoms with Crippen molar-refractivity contribution in [2.45, 2.75) is 23.8 Å². The molecule has 2 saturated heterocycles. The molecule has 0 aromatic carbocycles. The molecule has 0 radical (unpaired) electrons. The first-order valence-corrected chi connectivity index (χ1v) is 8.53. The zero-order valence-electron chi connectivity index (χ0n) is 13.9. The molecule has 138 valence electrons. The maximum atomic E-state index is 12.3. The fourth-order valence-corrected chi connectivity index (χ4v) is 3.44. The van der Waals surface area contributed by atoms with Crippen LogP contribution < -0.4 is 5.32 Å². The SMILES string of the molecule is C=CCOC(=O)N1CC(=O)NCC1[C@@H]1C[C@H](S)CN1C(=O)OCC=C. The summed E-state index contributed by atoms with van der Waals surface area (Å²) in [6, 6.07) is -0.736. The van der Waals surface area contributed by atoms with Gasteiger partial charge in [0.2, 0.25) is 5.91 Å². The first kappa shape index (κ1) is 19.2. The van der Waals surface area contributed by atoms with Crippen molar-refractivity contribution in [3.8, 4) is 0 Å². The summed E-state index contributed by atoms with van der Waals surface area (Å²) in [4.78, 5) is 39.2. The molecule has 0 aromatic heterocycles. The Morgan fingerprint density at radius 3 is 2.36 bits per heavy atom. The van der Waals surface area contributed by atoms with Crippen LogP contribution in [-0.4, -0.2) is 78.1 Å². The molecule has 8 nitrogen and oxygen atoms in total. The van der Waals surface area contributed by atoms with Crippen molar-refractivity contribution in [1.82, 2.24) is 15.1 Å². The van der Waals surface area contributed by atoms with E-state index in [1.807, 2.05) is 0 Å². The fourth-order valence-electron chi connectivity index (χ4n) is 3.04. The molecule has 9 heteroatoms. The average Bonchev–Trinajstić information content (AvgIpc) is 2.99. The highest BCUT2D eigenvalue weighted by atomic mass is 32.1. The van der Waals surface area contributed by atoms with Crippen LogP contribution in [0.25, 0.3) is 0 Å². The second-order valence-corrected chi connectivity index (χ2v) is 6.57. The number of ether oxygens (including phenoxy) is 2. The third-order valence-corrected chi connectivity index (χ3v) is 4.48. The molecule has 25 heavy (non-hydrogen) atoms. The lowest BCUT2D eigenvalue weighted by molar-refractivity contribution is -0.125.